The molecule has 2 rings (SSSR count). The molecule has 0 aromatic rings. The van der Waals surface area contributed by atoms with Crippen LogP contribution in [0.15, 0.2) is 0 Å². The Morgan fingerprint density at radius 3 is 2.56 bits per heavy atom. The summed E-state index contributed by atoms with van der Waals surface area (Å²) >= 11 is 0. The van der Waals surface area contributed by atoms with E-state index in [0.29, 0.717) is 0 Å². The molecular weight excluding hydrogens is 250 g/mol. The van der Waals surface area contributed by atoms with Crippen molar-refractivity contribution in [1.82, 2.24) is 10.2 Å². The predicted octanol–water partition coefficient (Wildman–Crippen LogP) is -0.716. The van der Waals surface area contributed by atoms with Gasteiger partial charge >= 0.3 is 11.9 Å². The average Bonchev–Trinajstić information content (AvgIpc) is 2.68. The summed E-state index contributed by atoms with van der Waals surface area (Å²) < 4.78 is 30.2. The Hall–Kier alpha value is -1.57. The van der Waals surface area contributed by atoms with Crippen molar-refractivity contribution in [2.75, 3.05) is 13.6 Å². The first kappa shape index (κ1) is 12.9. The second-order valence-electron chi connectivity index (χ2n) is 4.39. The predicted molar refractivity (Wildman–Crippen MR) is 53.6 cm³/mol. The largest absolute Gasteiger partial charge is 0.456 e. The summed E-state index contributed by atoms with van der Waals surface area (Å²) in [6.45, 7) is -0.0706. The number of imide groups is 1. The van der Waals surface area contributed by atoms with Crippen LogP contribution in [0.1, 0.15) is 12.8 Å². The summed E-state index contributed by atoms with van der Waals surface area (Å²) in [5.41, 5.74) is 0. The maximum atomic E-state index is 12.9. The van der Waals surface area contributed by atoms with Gasteiger partial charge in [0.1, 0.15) is 6.10 Å². The van der Waals surface area contributed by atoms with E-state index in [9.17, 15) is 23.2 Å². The van der Waals surface area contributed by atoms with Gasteiger partial charge in [0, 0.05) is 13.6 Å². The smallest absolute Gasteiger partial charge is 0.377 e. The first-order valence-corrected chi connectivity index (χ1v) is 5.44. The number of nitrogens with one attached hydrogen (secondary N) is 1. The van der Waals surface area contributed by atoms with Crippen molar-refractivity contribution in [1.29, 1.82) is 0 Å². The van der Waals surface area contributed by atoms with Crippen molar-refractivity contribution in [2.45, 2.75) is 30.9 Å². The molecule has 0 aromatic heterocycles. The highest BCUT2D eigenvalue weighted by molar-refractivity contribution is 6.05. The molecule has 6 nitrogen and oxygen atoms in total. The number of likely N-dealkylation sites (N-methyl/N-ethyl adjacent to an activating group) is 1. The standard InChI is InChI=1S/C10H12F2N2O4/c1-14-7(15)2-6(8(14)16)13-4-5-3-10(11,12)9(17)18-5/h5-6,13H,2-4H2,1H3. The van der Waals surface area contributed by atoms with Crippen LogP contribution in [0.2, 0.25) is 0 Å². The second-order valence-corrected chi connectivity index (χ2v) is 4.39. The number of hydrogen-bond acceptors (Lipinski definition) is 5. The quantitative estimate of drug-likeness (QED) is 0.537. The molecule has 2 saturated heterocycles. The van der Waals surface area contributed by atoms with Crippen LogP contribution in [-0.2, 0) is 19.1 Å². The summed E-state index contributed by atoms with van der Waals surface area (Å²) in [6.07, 6.45) is -1.68. The maximum absolute atomic E-state index is 12.9. The number of halogens is 2. The molecule has 2 fully saturated rings. The summed E-state index contributed by atoms with van der Waals surface area (Å²) in [5, 5.41) is 2.67. The number of rotatable bonds is 3. The molecule has 100 valence electrons. The molecule has 0 spiro atoms. The molecule has 1 N–H and O–H groups in total. The van der Waals surface area contributed by atoms with Crippen LogP contribution in [0.25, 0.3) is 0 Å². The van der Waals surface area contributed by atoms with Gasteiger partial charge in [-0.3, -0.25) is 14.5 Å². The van der Waals surface area contributed by atoms with Gasteiger partial charge in [-0.05, 0) is 0 Å². The lowest BCUT2D eigenvalue weighted by atomic mass is 10.2. The van der Waals surface area contributed by atoms with Gasteiger partial charge in [-0.15, -0.1) is 0 Å². The van der Waals surface area contributed by atoms with Gasteiger partial charge < -0.3 is 10.1 Å². The van der Waals surface area contributed by atoms with Gasteiger partial charge in [0.05, 0.1) is 18.9 Å². The number of likely N-dealkylation sites (tertiary alicyclic amines) is 1. The highest BCUT2D eigenvalue weighted by Gasteiger charge is 2.51. The number of carbonyl (C=O) groups excluding carboxylic acids is 3. The van der Waals surface area contributed by atoms with Gasteiger partial charge in [-0.1, -0.05) is 0 Å². The third-order valence-electron chi connectivity index (χ3n) is 3.03. The SMILES string of the molecule is CN1C(=O)CC(NCC2CC(F)(F)C(=O)O2)C1=O. The minimum Gasteiger partial charge on any atom is -0.456 e. The zero-order valence-corrected chi connectivity index (χ0v) is 9.61. The number of cyclic esters (lactones) is 1. The molecular formula is C10H12F2N2O4. The van der Waals surface area contributed by atoms with Crippen LogP contribution in [0.3, 0.4) is 0 Å². The van der Waals surface area contributed by atoms with E-state index in [1.165, 1.54) is 7.05 Å². The Morgan fingerprint density at radius 2 is 2.11 bits per heavy atom. The normalized spacial score (nSPS) is 31.1. The van der Waals surface area contributed by atoms with Crippen LogP contribution < -0.4 is 5.32 Å². The number of hydrogen-bond donors (Lipinski definition) is 1. The lowest BCUT2D eigenvalue weighted by Crippen LogP contribution is -2.40. The molecule has 0 saturated carbocycles. The summed E-state index contributed by atoms with van der Waals surface area (Å²) in [4.78, 5) is 34.4. The second kappa shape index (κ2) is 4.27. The minimum absolute atomic E-state index is 0.00755. The van der Waals surface area contributed by atoms with Crippen molar-refractivity contribution < 1.29 is 27.9 Å². The topological polar surface area (TPSA) is 75.7 Å². The maximum Gasteiger partial charge on any atom is 0.377 e. The molecule has 2 amide bonds. The highest BCUT2D eigenvalue weighted by atomic mass is 19.3. The van der Waals surface area contributed by atoms with Crippen molar-refractivity contribution >= 4 is 17.8 Å². The van der Waals surface area contributed by atoms with E-state index in [0.717, 1.165) is 4.90 Å². The zero-order chi connectivity index (χ0) is 13.5. The van der Waals surface area contributed by atoms with Crippen LogP contribution in [0.5, 0.6) is 0 Å². The lowest BCUT2D eigenvalue weighted by Gasteiger charge is -2.13. The van der Waals surface area contributed by atoms with Gasteiger partial charge in [0.25, 0.3) is 0 Å². The number of carbonyl (C=O) groups is 3. The Labute approximate surface area is 101 Å². The monoisotopic (exact) mass is 262 g/mol. The van der Waals surface area contributed by atoms with E-state index in [-0.39, 0.29) is 18.9 Å². The molecule has 2 aliphatic heterocycles. The van der Waals surface area contributed by atoms with Crippen LogP contribution in [-0.4, -0.2) is 54.3 Å². The Morgan fingerprint density at radius 1 is 1.44 bits per heavy atom. The van der Waals surface area contributed by atoms with Crippen LogP contribution >= 0.6 is 0 Å². The number of nitrogens with zero attached hydrogens (tertiary/aromatic N) is 1. The van der Waals surface area contributed by atoms with E-state index < -0.39 is 36.4 Å². The third-order valence-corrected chi connectivity index (χ3v) is 3.03. The van der Waals surface area contributed by atoms with Crippen molar-refractivity contribution in [3.05, 3.63) is 0 Å². The molecule has 2 aliphatic rings. The molecule has 2 heterocycles. The Balaban J connectivity index is 1.85. The van der Waals surface area contributed by atoms with E-state index in [2.05, 4.69) is 10.1 Å². The minimum atomic E-state index is -3.46. The van der Waals surface area contributed by atoms with Gasteiger partial charge in [0.15, 0.2) is 0 Å². The molecule has 18 heavy (non-hydrogen) atoms. The first-order valence-electron chi connectivity index (χ1n) is 5.44. The van der Waals surface area contributed by atoms with Crippen molar-refractivity contribution in [3.8, 4) is 0 Å². The van der Waals surface area contributed by atoms with Gasteiger partial charge in [-0.2, -0.15) is 8.78 Å². The van der Waals surface area contributed by atoms with Crippen LogP contribution in [0, 0.1) is 0 Å². The zero-order valence-electron chi connectivity index (χ0n) is 9.61. The molecule has 2 unspecified atom stereocenters. The number of amides is 2. The molecule has 0 aromatic carbocycles. The number of esters is 1. The van der Waals surface area contributed by atoms with Crippen LogP contribution in [0.4, 0.5) is 8.78 Å². The fraction of sp³-hybridized carbons (Fsp3) is 0.700. The fourth-order valence-corrected chi connectivity index (χ4v) is 1.95. The highest BCUT2D eigenvalue weighted by Crippen LogP contribution is 2.30. The molecule has 0 aliphatic carbocycles. The van der Waals surface area contributed by atoms with Crippen molar-refractivity contribution in [2.24, 2.45) is 0 Å². The Kier molecular flexibility index (Phi) is 3.05. The summed E-state index contributed by atoms with van der Waals surface area (Å²) in [6, 6.07) is -0.726. The first-order chi connectivity index (χ1) is 8.31. The van der Waals surface area contributed by atoms with E-state index >= 15 is 0 Å². The Bertz CT molecular complexity index is 413. The fourth-order valence-electron chi connectivity index (χ4n) is 1.95. The van der Waals surface area contributed by atoms with Crippen molar-refractivity contribution in [3.63, 3.8) is 0 Å². The van der Waals surface area contributed by atoms with E-state index in [1.807, 2.05) is 0 Å². The number of alkyl halides is 2. The van der Waals surface area contributed by atoms with E-state index in [4.69, 9.17) is 0 Å². The average molecular weight is 262 g/mol. The van der Waals surface area contributed by atoms with Gasteiger partial charge in [-0.25, -0.2) is 4.79 Å². The number of ether oxygens (including phenoxy) is 1. The van der Waals surface area contributed by atoms with E-state index in [1.54, 1.807) is 0 Å². The molecule has 8 heteroatoms. The molecule has 0 radical (unpaired) electrons. The molecule has 2 atom stereocenters. The van der Waals surface area contributed by atoms with Gasteiger partial charge in [0.2, 0.25) is 11.8 Å². The molecule has 0 bridgehead atoms. The third kappa shape index (κ3) is 2.20. The summed E-state index contributed by atoms with van der Waals surface area (Å²) in [7, 11) is 1.36. The summed E-state index contributed by atoms with van der Waals surface area (Å²) in [5.74, 6) is -5.74. The lowest BCUT2D eigenvalue weighted by molar-refractivity contribution is -0.159.